The predicted molar refractivity (Wildman–Crippen MR) is 89.6 cm³/mol. The lowest BCUT2D eigenvalue weighted by Gasteiger charge is -2.20. The number of nitrogens with zero attached hydrogens (tertiary/aromatic N) is 1. The first-order valence-corrected chi connectivity index (χ1v) is 7.36. The van der Waals surface area contributed by atoms with E-state index >= 15 is 0 Å². The van der Waals surface area contributed by atoms with Gasteiger partial charge in [-0.15, -0.1) is 0 Å². The zero-order valence-corrected chi connectivity index (χ0v) is 13.3. The number of hydrogen-bond acceptors (Lipinski definition) is 2. The van der Waals surface area contributed by atoms with Crippen LogP contribution in [0.5, 0.6) is 0 Å². The van der Waals surface area contributed by atoms with Crippen molar-refractivity contribution in [3.05, 3.63) is 53.2 Å². The summed E-state index contributed by atoms with van der Waals surface area (Å²) in [6.45, 7) is 8.14. The first kappa shape index (κ1) is 14.5. The molecule has 0 aliphatic carbocycles. The van der Waals surface area contributed by atoms with Gasteiger partial charge in [0.25, 0.3) is 0 Å². The molecule has 1 aromatic heterocycles. The smallest absolute Gasteiger partial charge is 0.336 e. The van der Waals surface area contributed by atoms with Crippen LogP contribution in [0.15, 0.2) is 36.4 Å². The fourth-order valence-electron chi connectivity index (χ4n) is 2.80. The molecule has 0 aliphatic rings. The van der Waals surface area contributed by atoms with Crippen molar-refractivity contribution in [2.45, 2.75) is 33.1 Å². The van der Waals surface area contributed by atoms with Crippen molar-refractivity contribution in [1.82, 2.24) is 4.98 Å². The molecular formula is C19H19NO2. The Morgan fingerprint density at radius 2 is 1.68 bits per heavy atom. The molecule has 2 aromatic carbocycles. The highest BCUT2D eigenvalue weighted by Gasteiger charge is 2.21. The molecule has 0 atom stereocenters. The maximum atomic E-state index is 11.7. The Morgan fingerprint density at radius 3 is 2.27 bits per heavy atom. The molecule has 3 heteroatoms. The van der Waals surface area contributed by atoms with Gasteiger partial charge in [0.15, 0.2) is 0 Å². The molecule has 0 spiro atoms. The number of pyridine rings is 1. The lowest BCUT2D eigenvalue weighted by Crippen LogP contribution is -2.15. The van der Waals surface area contributed by atoms with Gasteiger partial charge >= 0.3 is 5.97 Å². The largest absolute Gasteiger partial charge is 0.478 e. The molecule has 0 radical (unpaired) electrons. The fraction of sp³-hybridized carbons (Fsp3) is 0.263. The highest BCUT2D eigenvalue weighted by atomic mass is 16.4. The summed E-state index contributed by atoms with van der Waals surface area (Å²) in [5.74, 6) is -0.910. The number of carbonyl (C=O) groups is 1. The van der Waals surface area contributed by atoms with Gasteiger partial charge in [-0.3, -0.25) is 4.98 Å². The maximum Gasteiger partial charge on any atom is 0.336 e. The quantitative estimate of drug-likeness (QED) is 0.662. The standard InChI is InChI=1S/C19H19NO2/c1-11-9-14-15(18(21)22)10-16(19(2,3)4)20-17(14)13-8-6-5-7-12(11)13/h5-10H,1-4H3,(H,21,22). The van der Waals surface area contributed by atoms with E-state index < -0.39 is 5.97 Å². The molecule has 0 aliphatic heterocycles. The molecule has 22 heavy (non-hydrogen) atoms. The molecule has 112 valence electrons. The minimum atomic E-state index is -0.910. The van der Waals surface area contributed by atoms with E-state index in [0.29, 0.717) is 10.9 Å². The lowest BCUT2D eigenvalue weighted by atomic mass is 9.89. The number of carboxylic acid groups (broad SMARTS) is 1. The second-order valence-corrected chi connectivity index (χ2v) is 6.75. The van der Waals surface area contributed by atoms with Crippen LogP contribution in [0.1, 0.15) is 42.4 Å². The van der Waals surface area contributed by atoms with E-state index in [2.05, 4.69) is 6.07 Å². The summed E-state index contributed by atoms with van der Waals surface area (Å²) in [5.41, 5.74) is 2.75. The van der Waals surface area contributed by atoms with E-state index in [1.54, 1.807) is 6.07 Å². The summed E-state index contributed by atoms with van der Waals surface area (Å²) < 4.78 is 0. The zero-order valence-electron chi connectivity index (χ0n) is 13.3. The molecule has 0 amide bonds. The minimum Gasteiger partial charge on any atom is -0.478 e. The van der Waals surface area contributed by atoms with Crippen molar-refractivity contribution in [3.8, 4) is 0 Å². The Balaban J connectivity index is 2.55. The number of carboxylic acids is 1. The molecule has 3 rings (SSSR count). The molecule has 0 saturated heterocycles. The average Bonchev–Trinajstić information content (AvgIpc) is 2.45. The first-order valence-electron chi connectivity index (χ1n) is 7.36. The summed E-state index contributed by atoms with van der Waals surface area (Å²) in [7, 11) is 0. The van der Waals surface area contributed by atoms with Crippen molar-refractivity contribution in [2.24, 2.45) is 0 Å². The third kappa shape index (κ3) is 2.23. The zero-order chi connectivity index (χ0) is 16.1. The predicted octanol–water partition coefficient (Wildman–Crippen LogP) is 4.69. The van der Waals surface area contributed by atoms with Gasteiger partial charge in [0.2, 0.25) is 0 Å². The molecule has 1 heterocycles. The maximum absolute atomic E-state index is 11.7. The topological polar surface area (TPSA) is 50.2 Å². The van der Waals surface area contributed by atoms with Gasteiger partial charge in [0.1, 0.15) is 0 Å². The van der Waals surface area contributed by atoms with Crippen LogP contribution in [0.2, 0.25) is 0 Å². The van der Waals surface area contributed by atoms with E-state index in [1.165, 1.54) is 0 Å². The van der Waals surface area contributed by atoms with Crippen LogP contribution in [0.3, 0.4) is 0 Å². The monoisotopic (exact) mass is 293 g/mol. The summed E-state index contributed by atoms with van der Waals surface area (Å²) in [6.07, 6.45) is 0. The number of aromatic carboxylic acids is 1. The van der Waals surface area contributed by atoms with E-state index in [1.807, 2.05) is 52.0 Å². The number of fused-ring (bicyclic) bond motifs is 3. The average molecular weight is 293 g/mol. The van der Waals surface area contributed by atoms with Crippen LogP contribution >= 0.6 is 0 Å². The summed E-state index contributed by atoms with van der Waals surface area (Å²) in [5, 5.41) is 12.4. The van der Waals surface area contributed by atoms with Crippen LogP contribution in [-0.4, -0.2) is 16.1 Å². The summed E-state index contributed by atoms with van der Waals surface area (Å²) in [6, 6.07) is 11.7. The van der Waals surface area contributed by atoms with Gasteiger partial charge in [-0.2, -0.15) is 0 Å². The van der Waals surface area contributed by atoms with Crippen LogP contribution in [0.4, 0.5) is 0 Å². The van der Waals surface area contributed by atoms with Crippen molar-refractivity contribution in [1.29, 1.82) is 0 Å². The summed E-state index contributed by atoms with van der Waals surface area (Å²) in [4.78, 5) is 16.5. The normalized spacial score (nSPS) is 12.0. The molecule has 1 N–H and O–H groups in total. The van der Waals surface area contributed by atoms with Crippen LogP contribution < -0.4 is 0 Å². The second kappa shape index (κ2) is 4.80. The van der Waals surface area contributed by atoms with Crippen LogP contribution in [0.25, 0.3) is 21.7 Å². The Bertz CT molecular complexity index is 905. The van der Waals surface area contributed by atoms with Gasteiger partial charge in [0.05, 0.1) is 11.1 Å². The fourth-order valence-corrected chi connectivity index (χ4v) is 2.80. The number of benzene rings is 2. The number of rotatable bonds is 1. The van der Waals surface area contributed by atoms with Crippen molar-refractivity contribution >= 4 is 27.6 Å². The van der Waals surface area contributed by atoms with E-state index in [9.17, 15) is 9.90 Å². The third-order valence-electron chi connectivity index (χ3n) is 4.03. The second-order valence-electron chi connectivity index (χ2n) is 6.75. The van der Waals surface area contributed by atoms with Crippen LogP contribution in [0, 0.1) is 6.92 Å². The van der Waals surface area contributed by atoms with Gasteiger partial charge < -0.3 is 5.11 Å². The number of aryl methyl sites for hydroxylation is 1. The molecule has 0 fully saturated rings. The van der Waals surface area contributed by atoms with E-state index in [0.717, 1.165) is 27.5 Å². The summed E-state index contributed by atoms with van der Waals surface area (Å²) >= 11 is 0. The Hall–Kier alpha value is -2.42. The molecule has 3 aromatic rings. The highest BCUT2D eigenvalue weighted by Crippen LogP contribution is 2.32. The number of hydrogen-bond donors (Lipinski definition) is 1. The molecule has 0 unspecified atom stereocenters. The van der Waals surface area contributed by atoms with E-state index in [4.69, 9.17) is 4.98 Å². The van der Waals surface area contributed by atoms with Gasteiger partial charge in [-0.25, -0.2) is 4.79 Å². The molecule has 3 nitrogen and oxygen atoms in total. The van der Waals surface area contributed by atoms with Gasteiger partial charge in [-0.1, -0.05) is 45.0 Å². The Morgan fingerprint density at radius 1 is 1.05 bits per heavy atom. The first-order chi connectivity index (χ1) is 10.3. The molecule has 0 bridgehead atoms. The Labute approximate surface area is 129 Å². The van der Waals surface area contributed by atoms with Crippen molar-refractivity contribution in [2.75, 3.05) is 0 Å². The third-order valence-corrected chi connectivity index (χ3v) is 4.03. The van der Waals surface area contributed by atoms with Crippen molar-refractivity contribution in [3.63, 3.8) is 0 Å². The minimum absolute atomic E-state index is 0.204. The van der Waals surface area contributed by atoms with E-state index in [-0.39, 0.29) is 5.41 Å². The van der Waals surface area contributed by atoms with Crippen LogP contribution in [-0.2, 0) is 5.41 Å². The lowest BCUT2D eigenvalue weighted by molar-refractivity contribution is 0.0699. The van der Waals surface area contributed by atoms with Gasteiger partial charge in [-0.05, 0) is 30.0 Å². The van der Waals surface area contributed by atoms with Crippen molar-refractivity contribution < 1.29 is 9.90 Å². The molecular weight excluding hydrogens is 274 g/mol. The number of aromatic nitrogens is 1. The SMILES string of the molecule is Cc1cc2c(C(=O)O)cc(C(C)(C)C)nc2c2ccccc12. The Kier molecular flexibility index (Phi) is 3.17. The highest BCUT2D eigenvalue weighted by molar-refractivity contribution is 6.13. The van der Waals surface area contributed by atoms with Gasteiger partial charge in [0, 0.05) is 21.9 Å². The molecule has 0 saturated carbocycles.